The average Bonchev–Trinajstić information content (AvgIpc) is 3.71. The van der Waals surface area contributed by atoms with Crippen LogP contribution in [0.3, 0.4) is 0 Å². The Hall–Kier alpha value is -7.07. The maximum absolute atomic E-state index is 13.6. The molecule has 73 heavy (non-hydrogen) atoms. The van der Waals surface area contributed by atoms with Gasteiger partial charge in [0.15, 0.2) is 6.10 Å². The quantitative estimate of drug-likeness (QED) is 0.0237. The van der Waals surface area contributed by atoms with Crippen LogP contribution in [0.25, 0.3) is 22.3 Å². The monoisotopic (exact) mass is 989 g/mol. The van der Waals surface area contributed by atoms with Gasteiger partial charge in [0.2, 0.25) is 0 Å². The second-order valence-corrected chi connectivity index (χ2v) is 18.6. The molecule has 10 nitrogen and oxygen atoms in total. The third-order valence-corrected chi connectivity index (χ3v) is 12.9. The molecule has 0 radical (unpaired) electrons. The maximum atomic E-state index is 13.6. The number of fused-ring (bicyclic) bond motifs is 3. The van der Waals surface area contributed by atoms with Crippen LogP contribution in [0.4, 0.5) is 0 Å². The van der Waals surface area contributed by atoms with E-state index < -0.39 is 18.0 Å². The van der Waals surface area contributed by atoms with E-state index >= 15 is 0 Å². The summed E-state index contributed by atoms with van der Waals surface area (Å²) in [5.74, 6) is 2.24. The number of ether oxygens (including phenoxy) is 7. The van der Waals surface area contributed by atoms with Crippen LogP contribution in [0, 0.1) is 0 Å². The van der Waals surface area contributed by atoms with Crippen LogP contribution in [-0.2, 0) is 9.53 Å². The van der Waals surface area contributed by atoms with Gasteiger partial charge in [0.25, 0.3) is 0 Å². The molecule has 0 heterocycles. The fourth-order valence-electron chi connectivity index (χ4n) is 8.71. The van der Waals surface area contributed by atoms with E-state index in [0.717, 1.165) is 98.1 Å². The summed E-state index contributed by atoms with van der Waals surface area (Å²) < 4.78 is 41.7. The standard InChI is InChI=1S/C63H72O10/c1-4-7-10-15-40-67-50-28-20-46(21-29-50)47-22-30-51(31-23-47)70-43-18-13-14-19-60(64)73-61-58-44-54(71-62(65)48-24-32-52(33-25-48)68-41-16-11-8-5-2)36-38-56(58)57-39-37-55(45-59(57)61)72-63(66)49-26-34-53(35-27-49)69-42-17-12-9-6-3/h20-39,44-45,61H,4-19,40-43H2,1-3H3. The second kappa shape index (κ2) is 28.8. The fraction of sp³-hybridized carbons (Fsp3) is 0.381. The molecule has 10 heteroatoms. The smallest absolute Gasteiger partial charge is 0.343 e. The summed E-state index contributed by atoms with van der Waals surface area (Å²) in [5, 5.41) is 0. The minimum atomic E-state index is -0.838. The van der Waals surface area contributed by atoms with Crippen LogP contribution < -0.4 is 28.4 Å². The normalized spacial score (nSPS) is 11.6. The van der Waals surface area contributed by atoms with Gasteiger partial charge in [-0.05, 0) is 158 Å². The van der Waals surface area contributed by atoms with Gasteiger partial charge in [-0.1, -0.05) is 115 Å². The lowest BCUT2D eigenvalue weighted by atomic mass is 10.1. The van der Waals surface area contributed by atoms with E-state index in [2.05, 4.69) is 45.0 Å². The van der Waals surface area contributed by atoms with Crippen molar-refractivity contribution in [2.45, 2.75) is 130 Å². The molecular weight excluding hydrogens is 917 g/mol. The molecule has 0 atom stereocenters. The van der Waals surface area contributed by atoms with Crippen molar-refractivity contribution >= 4 is 17.9 Å². The van der Waals surface area contributed by atoms with Gasteiger partial charge in [-0.3, -0.25) is 4.79 Å². The number of hydrogen-bond donors (Lipinski definition) is 0. The Labute approximate surface area is 432 Å². The van der Waals surface area contributed by atoms with E-state index in [9.17, 15) is 14.4 Å². The zero-order valence-electron chi connectivity index (χ0n) is 43.0. The van der Waals surface area contributed by atoms with Gasteiger partial charge >= 0.3 is 17.9 Å². The highest BCUT2D eigenvalue weighted by Gasteiger charge is 2.33. The van der Waals surface area contributed by atoms with E-state index in [1.807, 2.05) is 36.4 Å². The molecule has 7 rings (SSSR count). The van der Waals surface area contributed by atoms with Crippen LogP contribution in [0.2, 0.25) is 0 Å². The predicted octanol–water partition coefficient (Wildman–Crippen LogP) is 15.9. The summed E-state index contributed by atoms with van der Waals surface area (Å²) in [6, 6.07) is 40.8. The van der Waals surface area contributed by atoms with E-state index in [0.29, 0.717) is 71.5 Å². The van der Waals surface area contributed by atoms with Crippen LogP contribution in [0.15, 0.2) is 133 Å². The van der Waals surface area contributed by atoms with E-state index in [-0.39, 0.29) is 12.4 Å². The molecule has 384 valence electrons. The molecule has 0 N–H and O–H groups in total. The molecule has 0 fully saturated rings. The molecule has 0 aliphatic heterocycles. The highest BCUT2D eigenvalue weighted by atomic mass is 16.6. The van der Waals surface area contributed by atoms with Crippen molar-refractivity contribution in [1.29, 1.82) is 0 Å². The Morgan fingerprint density at radius 1 is 0.370 bits per heavy atom. The SMILES string of the molecule is CCCCCCOc1ccc(C(=O)Oc2ccc3c(c2)C(OC(=O)CCCCCOc2ccc(-c4ccc(OCCCCCC)cc4)cc2)c2cc(OC(=O)c4ccc(OCCCCCC)cc4)ccc2-3)cc1. The summed E-state index contributed by atoms with van der Waals surface area (Å²) in [7, 11) is 0. The number of benzene rings is 6. The minimum Gasteiger partial charge on any atom is -0.494 e. The average molecular weight is 989 g/mol. The van der Waals surface area contributed by atoms with Gasteiger partial charge in [0.05, 0.1) is 37.6 Å². The summed E-state index contributed by atoms with van der Waals surface area (Å²) in [4.78, 5) is 40.4. The lowest BCUT2D eigenvalue weighted by Gasteiger charge is -2.16. The molecule has 0 spiro atoms. The number of hydrogen-bond acceptors (Lipinski definition) is 10. The number of carbonyl (C=O) groups is 3. The maximum Gasteiger partial charge on any atom is 0.343 e. The first-order chi connectivity index (χ1) is 35.8. The summed E-state index contributed by atoms with van der Waals surface area (Å²) in [6.45, 7) is 9.06. The highest BCUT2D eigenvalue weighted by molar-refractivity contribution is 5.92. The molecule has 0 aromatic heterocycles. The number of esters is 3. The number of unbranched alkanes of at least 4 members (excludes halogenated alkanes) is 11. The van der Waals surface area contributed by atoms with Gasteiger partial charge < -0.3 is 33.2 Å². The molecule has 0 bridgehead atoms. The molecule has 0 saturated carbocycles. The first-order valence-electron chi connectivity index (χ1n) is 26.7. The van der Waals surface area contributed by atoms with Crippen molar-refractivity contribution in [2.24, 2.45) is 0 Å². The third-order valence-electron chi connectivity index (χ3n) is 12.9. The van der Waals surface area contributed by atoms with Gasteiger partial charge in [0, 0.05) is 17.5 Å². The van der Waals surface area contributed by atoms with Gasteiger partial charge in [-0.15, -0.1) is 0 Å². The molecule has 6 aromatic rings. The molecule has 0 amide bonds. The van der Waals surface area contributed by atoms with E-state index in [4.69, 9.17) is 33.2 Å². The Morgan fingerprint density at radius 3 is 1.05 bits per heavy atom. The van der Waals surface area contributed by atoms with Gasteiger partial charge in [-0.25, -0.2) is 9.59 Å². The van der Waals surface area contributed by atoms with E-state index in [1.165, 1.54) is 32.1 Å². The highest BCUT2D eigenvalue weighted by Crippen LogP contribution is 2.48. The lowest BCUT2D eigenvalue weighted by molar-refractivity contribution is -0.147. The third kappa shape index (κ3) is 16.5. The van der Waals surface area contributed by atoms with Crippen LogP contribution in [-0.4, -0.2) is 44.3 Å². The van der Waals surface area contributed by atoms with Crippen LogP contribution >= 0.6 is 0 Å². The Balaban J connectivity index is 0.945. The molecular formula is C63H72O10. The largest absolute Gasteiger partial charge is 0.494 e. The Bertz CT molecular complexity index is 2520. The topological polar surface area (TPSA) is 116 Å². The van der Waals surface area contributed by atoms with E-state index in [1.54, 1.807) is 72.8 Å². The zero-order chi connectivity index (χ0) is 51.0. The Morgan fingerprint density at radius 2 is 0.699 bits per heavy atom. The second-order valence-electron chi connectivity index (χ2n) is 18.6. The van der Waals surface area contributed by atoms with Gasteiger partial charge in [-0.2, -0.15) is 0 Å². The number of rotatable bonds is 31. The fourth-order valence-corrected chi connectivity index (χ4v) is 8.71. The van der Waals surface area contributed by atoms with Crippen LogP contribution in [0.1, 0.15) is 161 Å². The van der Waals surface area contributed by atoms with Crippen molar-refractivity contribution in [3.8, 4) is 56.8 Å². The summed E-state index contributed by atoms with van der Waals surface area (Å²) in [6.07, 6.45) is 15.1. The zero-order valence-corrected chi connectivity index (χ0v) is 43.0. The van der Waals surface area contributed by atoms with Crippen molar-refractivity contribution in [2.75, 3.05) is 26.4 Å². The number of carbonyl (C=O) groups excluding carboxylic acids is 3. The molecule has 0 saturated heterocycles. The van der Waals surface area contributed by atoms with Crippen molar-refractivity contribution in [3.63, 3.8) is 0 Å². The van der Waals surface area contributed by atoms with Crippen LogP contribution in [0.5, 0.6) is 34.5 Å². The van der Waals surface area contributed by atoms with Crippen molar-refractivity contribution in [1.82, 2.24) is 0 Å². The van der Waals surface area contributed by atoms with Crippen molar-refractivity contribution in [3.05, 3.63) is 156 Å². The van der Waals surface area contributed by atoms with Crippen molar-refractivity contribution < 1.29 is 47.5 Å². The molecule has 6 aromatic carbocycles. The first-order valence-corrected chi connectivity index (χ1v) is 26.7. The lowest BCUT2D eigenvalue weighted by Crippen LogP contribution is -2.12. The summed E-state index contributed by atoms with van der Waals surface area (Å²) in [5.41, 5.74) is 5.92. The minimum absolute atomic E-state index is 0.193. The molecule has 0 unspecified atom stereocenters. The summed E-state index contributed by atoms with van der Waals surface area (Å²) >= 11 is 0. The first kappa shape index (κ1) is 53.7. The predicted molar refractivity (Wildman–Crippen MR) is 287 cm³/mol. The molecule has 1 aliphatic rings. The van der Waals surface area contributed by atoms with Gasteiger partial charge in [0.1, 0.15) is 34.5 Å². The Kier molecular flexibility index (Phi) is 21.2. The molecule has 1 aliphatic carbocycles.